The molecular weight excluding hydrogens is 391 g/mol. The number of carbonyl (C=O) groups excluding carboxylic acids is 1. The highest BCUT2D eigenvalue weighted by molar-refractivity contribution is 5.94. The molecule has 1 amide bonds. The summed E-state index contributed by atoms with van der Waals surface area (Å²) in [7, 11) is 0. The predicted octanol–water partition coefficient (Wildman–Crippen LogP) is 4.31. The lowest BCUT2D eigenvalue weighted by Gasteiger charge is -2.31. The van der Waals surface area contributed by atoms with E-state index in [4.69, 9.17) is 0 Å². The molecule has 2 heterocycles. The highest BCUT2D eigenvalue weighted by Gasteiger charge is 2.32. The Bertz CT molecular complexity index is 763. The summed E-state index contributed by atoms with van der Waals surface area (Å²) in [6.07, 6.45) is -0.341. The van der Waals surface area contributed by atoms with Gasteiger partial charge in [0.1, 0.15) is 0 Å². The molecule has 0 bridgehead atoms. The third-order valence-corrected chi connectivity index (χ3v) is 4.74. The maximum Gasteiger partial charge on any atom is 0.416 e. The zero-order valence-electron chi connectivity index (χ0n) is 15.3. The summed E-state index contributed by atoms with van der Waals surface area (Å²) in [5.74, 6) is -0.390. The van der Waals surface area contributed by atoms with Gasteiger partial charge in [0, 0.05) is 17.8 Å². The minimum Gasteiger partial charge on any atom is -0.330 e. The SMILES string of the molecule is Cl.O=C(c1cccc(C(F)(F)F)c1)N(Cc1ccccn1)C1CCCNCC1. The fraction of sp³-hybridized carbons (Fsp3) is 0.400. The van der Waals surface area contributed by atoms with Crippen LogP contribution in [-0.2, 0) is 12.7 Å². The van der Waals surface area contributed by atoms with Gasteiger partial charge in [-0.15, -0.1) is 12.4 Å². The number of nitrogens with one attached hydrogen (secondary N) is 1. The van der Waals surface area contributed by atoms with Crippen LogP contribution in [0.1, 0.15) is 40.9 Å². The zero-order valence-corrected chi connectivity index (χ0v) is 16.1. The van der Waals surface area contributed by atoms with Crippen LogP contribution in [-0.4, -0.2) is 34.9 Å². The van der Waals surface area contributed by atoms with Crippen LogP contribution in [0.25, 0.3) is 0 Å². The van der Waals surface area contributed by atoms with Crippen molar-refractivity contribution in [2.75, 3.05) is 13.1 Å². The van der Waals surface area contributed by atoms with Gasteiger partial charge in [0.2, 0.25) is 0 Å². The van der Waals surface area contributed by atoms with E-state index in [9.17, 15) is 18.0 Å². The fourth-order valence-electron chi connectivity index (χ4n) is 3.34. The van der Waals surface area contributed by atoms with Gasteiger partial charge in [-0.2, -0.15) is 13.2 Å². The number of halogens is 4. The molecule has 3 rings (SSSR count). The second-order valence-electron chi connectivity index (χ2n) is 6.67. The van der Waals surface area contributed by atoms with Gasteiger partial charge in [0.05, 0.1) is 17.8 Å². The largest absolute Gasteiger partial charge is 0.416 e. The molecule has 152 valence electrons. The molecule has 1 fully saturated rings. The van der Waals surface area contributed by atoms with Gasteiger partial charge in [0.15, 0.2) is 0 Å². The summed E-state index contributed by atoms with van der Waals surface area (Å²) in [6.45, 7) is 1.94. The minimum atomic E-state index is -4.48. The number of benzene rings is 1. The molecule has 1 aromatic heterocycles. The first kappa shape index (κ1) is 22.2. The lowest BCUT2D eigenvalue weighted by Crippen LogP contribution is -2.40. The standard InChI is InChI=1S/C20H22F3N3O.ClH/c21-20(22,23)16-6-3-5-15(13-16)19(27)26(14-17-7-1-2-11-25-17)18-8-4-10-24-12-9-18;/h1-3,5-7,11,13,18,24H,4,8-10,12,14H2;1H. The Kier molecular flexibility index (Phi) is 7.83. The van der Waals surface area contributed by atoms with Crippen LogP contribution in [0.2, 0.25) is 0 Å². The number of carbonyl (C=O) groups is 1. The summed E-state index contributed by atoms with van der Waals surface area (Å²) in [6, 6.07) is 10.0. The van der Waals surface area contributed by atoms with Gasteiger partial charge in [-0.1, -0.05) is 12.1 Å². The van der Waals surface area contributed by atoms with Crippen molar-refractivity contribution in [3.63, 3.8) is 0 Å². The van der Waals surface area contributed by atoms with Gasteiger partial charge in [0.25, 0.3) is 5.91 Å². The van der Waals surface area contributed by atoms with E-state index >= 15 is 0 Å². The molecule has 4 nitrogen and oxygen atoms in total. The molecule has 0 aliphatic carbocycles. The number of rotatable bonds is 4. The Labute approximate surface area is 168 Å². The van der Waals surface area contributed by atoms with E-state index in [1.807, 2.05) is 12.1 Å². The smallest absolute Gasteiger partial charge is 0.330 e. The van der Waals surface area contributed by atoms with Crippen molar-refractivity contribution >= 4 is 18.3 Å². The van der Waals surface area contributed by atoms with E-state index in [1.54, 1.807) is 17.2 Å². The second kappa shape index (κ2) is 9.89. The van der Waals surface area contributed by atoms with Gasteiger partial charge in [-0.25, -0.2) is 0 Å². The lowest BCUT2D eigenvalue weighted by molar-refractivity contribution is -0.137. The Morgan fingerprint density at radius 2 is 1.96 bits per heavy atom. The van der Waals surface area contributed by atoms with Crippen molar-refractivity contribution in [3.05, 3.63) is 65.5 Å². The summed E-state index contributed by atoms with van der Waals surface area (Å²) in [5.41, 5.74) is -0.0401. The molecule has 1 aliphatic heterocycles. The number of alkyl halides is 3. The molecule has 1 unspecified atom stereocenters. The second-order valence-corrected chi connectivity index (χ2v) is 6.67. The Balaban J connectivity index is 0.00000280. The van der Waals surface area contributed by atoms with Gasteiger partial charge >= 0.3 is 6.18 Å². The summed E-state index contributed by atoms with van der Waals surface area (Å²) < 4.78 is 39.1. The Morgan fingerprint density at radius 1 is 1.14 bits per heavy atom. The third kappa shape index (κ3) is 5.69. The third-order valence-electron chi connectivity index (χ3n) is 4.74. The lowest BCUT2D eigenvalue weighted by atomic mass is 10.0. The molecule has 8 heteroatoms. The number of aromatic nitrogens is 1. The maximum atomic E-state index is 13.2. The predicted molar refractivity (Wildman–Crippen MR) is 103 cm³/mol. The van der Waals surface area contributed by atoms with Crippen LogP contribution in [0.3, 0.4) is 0 Å². The van der Waals surface area contributed by atoms with Crippen LogP contribution in [0.5, 0.6) is 0 Å². The number of nitrogens with zero attached hydrogens (tertiary/aromatic N) is 2. The molecule has 28 heavy (non-hydrogen) atoms. The average molecular weight is 414 g/mol. The van der Waals surface area contributed by atoms with E-state index in [2.05, 4.69) is 10.3 Å². The number of amides is 1. The first-order valence-electron chi connectivity index (χ1n) is 9.04. The van der Waals surface area contributed by atoms with E-state index in [1.165, 1.54) is 12.1 Å². The van der Waals surface area contributed by atoms with Crippen molar-refractivity contribution in [1.29, 1.82) is 0 Å². The average Bonchev–Trinajstić information content (AvgIpc) is 2.95. The van der Waals surface area contributed by atoms with Gasteiger partial charge in [-0.3, -0.25) is 9.78 Å². The van der Waals surface area contributed by atoms with Crippen molar-refractivity contribution < 1.29 is 18.0 Å². The molecular formula is C20H23ClF3N3O. The first-order valence-corrected chi connectivity index (χ1v) is 9.04. The molecule has 1 saturated heterocycles. The van der Waals surface area contributed by atoms with Crippen molar-refractivity contribution in [2.24, 2.45) is 0 Å². The summed E-state index contributed by atoms with van der Waals surface area (Å²) in [4.78, 5) is 19.1. The van der Waals surface area contributed by atoms with Crippen molar-refractivity contribution in [2.45, 2.75) is 38.0 Å². The van der Waals surface area contributed by atoms with Crippen molar-refractivity contribution in [3.8, 4) is 0 Å². The minimum absolute atomic E-state index is 0. The molecule has 1 atom stereocenters. The molecule has 1 aliphatic rings. The zero-order chi connectivity index (χ0) is 19.3. The fourth-order valence-corrected chi connectivity index (χ4v) is 3.34. The molecule has 0 spiro atoms. The van der Waals surface area contributed by atoms with Crippen LogP contribution >= 0.6 is 12.4 Å². The van der Waals surface area contributed by atoms with E-state index in [0.717, 1.165) is 50.2 Å². The maximum absolute atomic E-state index is 13.2. The number of hydrogen-bond donors (Lipinski definition) is 1. The van der Waals surface area contributed by atoms with Crippen molar-refractivity contribution in [1.82, 2.24) is 15.2 Å². The number of pyridine rings is 1. The summed E-state index contributed by atoms with van der Waals surface area (Å²) >= 11 is 0. The molecule has 0 radical (unpaired) electrons. The molecule has 1 N–H and O–H groups in total. The monoisotopic (exact) mass is 413 g/mol. The summed E-state index contributed by atoms with van der Waals surface area (Å²) in [5, 5.41) is 3.30. The Morgan fingerprint density at radius 3 is 2.68 bits per heavy atom. The number of hydrogen-bond acceptors (Lipinski definition) is 3. The van der Waals surface area contributed by atoms with Gasteiger partial charge in [-0.05, 0) is 62.7 Å². The molecule has 0 saturated carbocycles. The van der Waals surface area contributed by atoms with E-state index in [-0.39, 0.29) is 30.6 Å². The quantitative estimate of drug-likeness (QED) is 0.812. The van der Waals surface area contributed by atoms with Gasteiger partial charge < -0.3 is 10.2 Å². The molecule has 2 aromatic rings. The van der Waals surface area contributed by atoms with E-state index in [0.29, 0.717) is 0 Å². The van der Waals surface area contributed by atoms with Crippen LogP contribution in [0.15, 0.2) is 48.7 Å². The molecule has 1 aromatic carbocycles. The van der Waals surface area contributed by atoms with Crippen LogP contribution in [0.4, 0.5) is 13.2 Å². The topological polar surface area (TPSA) is 45.2 Å². The Hall–Kier alpha value is -2.12. The highest BCUT2D eigenvalue weighted by atomic mass is 35.5. The van der Waals surface area contributed by atoms with Crippen LogP contribution < -0.4 is 5.32 Å². The van der Waals surface area contributed by atoms with Crippen LogP contribution in [0, 0.1) is 0 Å². The first-order chi connectivity index (χ1) is 12.9. The normalized spacial score (nSPS) is 17.3. The van der Waals surface area contributed by atoms with E-state index < -0.39 is 17.6 Å². The highest BCUT2D eigenvalue weighted by Crippen LogP contribution is 2.30.